The van der Waals surface area contributed by atoms with Crippen LogP contribution >= 0.6 is 11.3 Å². The molecule has 0 saturated heterocycles. The number of methoxy groups -OCH3 is 1. The van der Waals surface area contributed by atoms with Gasteiger partial charge in [0.1, 0.15) is 18.2 Å². The number of hydrogen-bond donors (Lipinski definition) is 1. The van der Waals surface area contributed by atoms with Crippen LogP contribution in [0.4, 0.5) is 0 Å². The molecule has 10 heteroatoms. The summed E-state index contributed by atoms with van der Waals surface area (Å²) in [6, 6.07) is 12.1. The van der Waals surface area contributed by atoms with Crippen LogP contribution in [0.2, 0.25) is 0 Å². The molecule has 0 amide bonds. The van der Waals surface area contributed by atoms with Crippen LogP contribution in [0.1, 0.15) is 12.6 Å². The number of benzene rings is 2. The molecule has 170 valence electrons. The molecule has 0 bridgehead atoms. The third kappa shape index (κ3) is 4.80. The average Bonchev–Trinajstić information content (AvgIpc) is 3.30. The Morgan fingerprint density at radius 2 is 1.97 bits per heavy atom. The molecule has 33 heavy (non-hydrogen) atoms. The second-order valence-electron chi connectivity index (χ2n) is 6.97. The summed E-state index contributed by atoms with van der Waals surface area (Å²) in [7, 11) is 1.57. The van der Waals surface area contributed by atoms with Gasteiger partial charge in [0, 0.05) is 10.9 Å². The van der Waals surface area contributed by atoms with Gasteiger partial charge in [-0.1, -0.05) is 12.1 Å². The number of fused-ring (bicyclic) bond motifs is 1. The van der Waals surface area contributed by atoms with Crippen LogP contribution in [0.15, 0.2) is 57.4 Å². The van der Waals surface area contributed by atoms with Crippen LogP contribution in [0, 0.1) is 0 Å². The Morgan fingerprint density at radius 3 is 2.76 bits per heavy atom. The first-order valence-corrected chi connectivity index (χ1v) is 11.0. The number of nitrogens with one attached hydrogen (secondary N) is 1. The molecule has 4 aromatic rings. The molecule has 0 radical (unpaired) electrons. The fraction of sp³-hybridized carbons (Fsp3) is 0.217. The van der Waals surface area contributed by atoms with Gasteiger partial charge in [-0.2, -0.15) is 0 Å². The molecule has 4 rings (SSSR count). The van der Waals surface area contributed by atoms with Gasteiger partial charge in [-0.05, 0) is 37.3 Å². The summed E-state index contributed by atoms with van der Waals surface area (Å²) in [4.78, 5) is 43.3. The predicted molar refractivity (Wildman–Crippen MR) is 124 cm³/mol. The minimum absolute atomic E-state index is 0.0421. The number of esters is 1. The highest BCUT2D eigenvalue weighted by atomic mass is 32.1. The minimum Gasteiger partial charge on any atom is -0.493 e. The quantitative estimate of drug-likeness (QED) is 0.397. The number of aromatic nitrogens is 3. The zero-order chi connectivity index (χ0) is 23.4. The van der Waals surface area contributed by atoms with Gasteiger partial charge in [-0.3, -0.25) is 19.1 Å². The van der Waals surface area contributed by atoms with Crippen molar-refractivity contribution in [3.05, 3.63) is 74.4 Å². The van der Waals surface area contributed by atoms with Crippen molar-refractivity contribution in [2.75, 3.05) is 13.7 Å². The van der Waals surface area contributed by atoms with Crippen LogP contribution in [-0.2, 0) is 22.7 Å². The van der Waals surface area contributed by atoms with Crippen LogP contribution in [0.5, 0.6) is 11.5 Å². The molecule has 0 aliphatic carbocycles. The van der Waals surface area contributed by atoms with Crippen molar-refractivity contribution < 1.29 is 19.0 Å². The number of ether oxygens (including phenoxy) is 3. The molecule has 0 saturated carbocycles. The maximum Gasteiger partial charge on any atom is 0.329 e. The molecule has 2 aromatic heterocycles. The maximum absolute atomic E-state index is 12.4. The monoisotopic (exact) mass is 467 g/mol. The Kier molecular flexibility index (Phi) is 6.55. The Labute approximate surface area is 192 Å². The first-order chi connectivity index (χ1) is 16.0. The third-order valence-electron chi connectivity index (χ3n) is 4.84. The van der Waals surface area contributed by atoms with Crippen LogP contribution in [0.25, 0.3) is 21.5 Å². The van der Waals surface area contributed by atoms with E-state index in [9.17, 15) is 14.4 Å². The van der Waals surface area contributed by atoms with Crippen molar-refractivity contribution in [2.45, 2.75) is 20.1 Å². The molecule has 2 aromatic carbocycles. The van der Waals surface area contributed by atoms with E-state index in [4.69, 9.17) is 14.2 Å². The summed E-state index contributed by atoms with van der Waals surface area (Å²) in [5.74, 6) is 0.641. The standard InChI is InChI=1S/C23H21N3O6S/c1-3-31-18-9-8-14(10-19(18)30-2)22-24-15(13-33-22)12-32-20(27)11-26-17-7-5-4-6-16(17)21(28)25-23(26)29/h4-10,13H,3,11-12H2,1-2H3,(H,25,28,29). The number of thiazole rings is 1. The lowest BCUT2D eigenvalue weighted by molar-refractivity contribution is -0.145. The van der Waals surface area contributed by atoms with E-state index >= 15 is 0 Å². The molecule has 1 N–H and O–H groups in total. The molecular weight excluding hydrogens is 446 g/mol. The Morgan fingerprint density at radius 1 is 1.15 bits per heavy atom. The van der Waals surface area contributed by atoms with Crippen LogP contribution in [0.3, 0.4) is 0 Å². The summed E-state index contributed by atoms with van der Waals surface area (Å²) >= 11 is 1.41. The van der Waals surface area contributed by atoms with Gasteiger partial charge >= 0.3 is 11.7 Å². The van der Waals surface area contributed by atoms with Crippen molar-refractivity contribution in [1.29, 1.82) is 0 Å². The molecule has 0 fully saturated rings. The van der Waals surface area contributed by atoms with Gasteiger partial charge in [0.2, 0.25) is 0 Å². The predicted octanol–water partition coefficient (Wildman–Crippen LogP) is 2.96. The second kappa shape index (κ2) is 9.70. The first-order valence-electron chi connectivity index (χ1n) is 10.1. The number of carbonyl (C=O) groups excluding carboxylic acids is 1. The zero-order valence-electron chi connectivity index (χ0n) is 18.0. The molecule has 0 spiro atoms. The Hall–Kier alpha value is -3.92. The molecule has 0 unspecified atom stereocenters. The van der Waals surface area contributed by atoms with E-state index in [1.165, 1.54) is 15.9 Å². The summed E-state index contributed by atoms with van der Waals surface area (Å²) in [6.07, 6.45) is 0. The lowest BCUT2D eigenvalue weighted by atomic mass is 10.2. The number of rotatable bonds is 8. The number of nitrogens with zero attached hydrogens (tertiary/aromatic N) is 2. The molecular formula is C23H21N3O6S. The highest BCUT2D eigenvalue weighted by Gasteiger charge is 2.14. The van der Waals surface area contributed by atoms with E-state index in [2.05, 4.69) is 9.97 Å². The number of carbonyl (C=O) groups is 1. The first kappa shape index (κ1) is 22.3. The van der Waals surface area contributed by atoms with E-state index in [1.54, 1.807) is 36.8 Å². The van der Waals surface area contributed by atoms with Gasteiger partial charge < -0.3 is 14.2 Å². The summed E-state index contributed by atoms with van der Waals surface area (Å²) in [6.45, 7) is 2.06. The number of para-hydroxylation sites is 1. The van der Waals surface area contributed by atoms with Crippen molar-refractivity contribution >= 4 is 28.2 Å². The molecule has 0 atom stereocenters. The van der Waals surface area contributed by atoms with Crippen molar-refractivity contribution in [1.82, 2.24) is 14.5 Å². The lowest BCUT2D eigenvalue weighted by Gasteiger charge is -2.10. The highest BCUT2D eigenvalue weighted by molar-refractivity contribution is 7.13. The molecule has 0 aliphatic rings. The minimum atomic E-state index is -0.670. The number of aromatic amines is 1. The normalized spacial score (nSPS) is 10.8. The largest absolute Gasteiger partial charge is 0.493 e. The fourth-order valence-electron chi connectivity index (χ4n) is 3.31. The second-order valence-corrected chi connectivity index (χ2v) is 7.82. The third-order valence-corrected chi connectivity index (χ3v) is 5.78. The average molecular weight is 468 g/mol. The van der Waals surface area contributed by atoms with E-state index < -0.39 is 17.2 Å². The Bertz CT molecular complexity index is 1420. The summed E-state index contributed by atoms with van der Waals surface area (Å²) in [5, 5.41) is 2.86. The Balaban J connectivity index is 1.45. The smallest absolute Gasteiger partial charge is 0.329 e. The van der Waals surface area contributed by atoms with Gasteiger partial charge in [-0.25, -0.2) is 9.78 Å². The molecule has 2 heterocycles. The van der Waals surface area contributed by atoms with Crippen LogP contribution < -0.4 is 20.7 Å². The van der Waals surface area contributed by atoms with E-state index in [0.29, 0.717) is 34.7 Å². The lowest BCUT2D eigenvalue weighted by Crippen LogP contribution is -2.32. The SMILES string of the molecule is CCOc1ccc(-c2nc(COC(=O)Cn3c(=O)[nH]c(=O)c4ccccc43)cs2)cc1OC. The van der Waals surface area contributed by atoms with E-state index in [0.717, 1.165) is 10.6 Å². The van der Waals surface area contributed by atoms with Crippen molar-refractivity contribution in [2.24, 2.45) is 0 Å². The topological polar surface area (TPSA) is 113 Å². The van der Waals surface area contributed by atoms with Gasteiger partial charge in [0.25, 0.3) is 5.56 Å². The van der Waals surface area contributed by atoms with Gasteiger partial charge in [0.15, 0.2) is 11.5 Å². The summed E-state index contributed by atoms with van der Waals surface area (Å²) < 4.78 is 17.4. The van der Waals surface area contributed by atoms with E-state index in [1.807, 2.05) is 25.1 Å². The van der Waals surface area contributed by atoms with Crippen molar-refractivity contribution in [3.8, 4) is 22.1 Å². The fourth-order valence-corrected chi connectivity index (χ4v) is 4.11. The summed E-state index contributed by atoms with van der Waals surface area (Å²) in [5.41, 5.74) is 0.625. The van der Waals surface area contributed by atoms with E-state index in [-0.39, 0.29) is 13.2 Å². The number of hydrogen-bond acceptors (Lipinski definition) is 8. The molecule has 0 aliphatic heterocycles. The van der Waals surface area contributed by atoms with Crippen LogP contribution in [-0.4, -0.2) is 34.2 Å². The molecule has 9 nitrogen and oxygen atoms in total. The van der Waals surface area contributed by atoms with Gasteiger partial charge in [0.05, 0.1) is 30.3 Å². The zero-order valence-corrected chi connectivity index (χ0v) is 18.8. The number of H-pyrrole nitrogens is 1. The van der Waals surface area contributed by atoms with Gasteiger partial charge in [-0.15, -0.1) is 11.3 Å². The van der Waals surface area contributed by atoms with Crippen molar-refractivity contribution in [3.63, 3.8) is 0 Å². The highest BCUT2D eigenvalue weighted by Crippen LogP contribution is 2.33. The maximum atomic E-state index is 12.4.